The van der Waals surface area contributed by atoms with Crippen LogP contribution in [0.1, 0.15) is 17.3 Å². The zero-order chi connectivity index (χ0) is 20.4. The Kier molecular flexibility index (Phi) is 5.09. The molecule has 0 fully saturated rings. The number of nitrogens with one attached hydrogen (secondary N) is 1. The lowest BCUT2D eigenvalue weighted by Gasteiger charge is -2.23. The number of esters is 1. The zero-order valence-electron chi connectivity index (χ0n) is 15.3. The maximum absolute atomic E-state index is 12.7. The summed E-state index contributed by atoms with van der Waals surface area (Å²) in [4.78, 5) is 33.2. The highest BCUT2D eigenvalue weighted by Gasteiger charge is 2.27. The Morgan fingerprint density at radius 2 is 1.90 bits per heavy atom. The summed E-state index contributed by atoms with van der Waals surface area (Å²) in [6.45, 7) is 1.98. The van der Waals surface area contributed by atoms with Gasteiger partial charge >= 0.3 is 12.0 Å². The number of anilines is 2. The number of carbonyl (C=O) groups excluding carboxylic acids is 2. The van der Waals surface area contributed by atoms with E-state index in [1.54, 1.807) is 55.5 Å². The number of benzene rings is 2. The second-order valence-corrected chi connectivity index (χ2v) is 6.24. The van der Waals surface area contributed by atoms with Gasteiger partial charge in [-0.15, -0.1) is 0 Å². The number of carbonyl (C=O) groups is 2. The fourth-order valence-corrected chi connectivity index (χ4v) is 3.12. The molecule has 148 valence electrons. The van der Waals surface area contributed by atoms with E-state index in [1.165, 1.54) is 4.90 Å². The number of aromatic nitrogens is 1. The third kappa shape index (κ3) is 3.50. The fraction of sp³-hybridized carbons (Fsp3) is 0.150. The average Bonchev–Trinajstić information content (AvgIpc) is 3.19. The molecule has 0 radical (unpaired) electrons. The highest BCUT2D eigenvalue weighted by Crippen LogP contribution is 2.38. The lowest BCUT2D eigenvalue weighted by atomic mass is 10.1. The summed E-state index contributed by atoms with van der Waals surface area (Å²) < 4.78 is 16.0. The first-order valence-corrected chi connectivity index (χ1v) is 9.17. The minimum absolute atomic E-state index is 0.0826. The standard InChI is InChI=1S/C20H16ClN3O5/c1-2-27-19(25)14-8-12-9-16-17(29-11-28-16)10-15(12)22-18(14)24(20(26)23-21)13-6-4-3-5-7-13/h3-10H,2,11H2,1H3,(H,23,26). The predicted octanol–water partition coefficient (Wildman–Crippen LogP) is 4.14. The van der Waals surface area contributed by atoms with Crippen LogP contribution in [0.15, 0.2) is 48.5 Å². The van der Waals surface area contributed by atoms with Gasteiger partial charge in [-0.2, -0.15) is 0 Å². The molecule has 0 atom stereocenters. The van der Waals surface area contributed by atoms with E-state index < -0.39 is 12.0 Å². The van der Waals surface area contributed by atoms with E-state index >= 15 is 0 Å². The van der Waals surface area contributed by atoms with Gasteiger partial charge in [-0.05, 0) is 31.2 Å². The summed E-state index contributed by atoms with van der Waals surface area (Å²) in [5, 5.41) is 0.639. The zero-order valence-corrected chi connectivity index (χ0v) is 16.1. The molecule has 4 rings (SSSR count). The van der Waals surface area contributed by atoms with E-state index in [1.807, 2.05) is 0 Å². The summed E-state index contributed by atoms with van der Waals surface area (Å²) in [6.07, 6.45) is 0. The molecule has 1 aliphatic rings. The molecule has 29 heavy (non-hydrogen) atoms. The number of fused-ring (bicyclic) bond motifs is 2. The maximum atomic E-state index is 12.7. The first-order valence-electron chi connectivity index (χ1n) is 8.79. The number of amides is 2. The molecule has 8 nitrogen and oxygen atoms in total. The Morgan fingerprint density at radius 1 is 1.17 bits per heavy atom. The third-order valence-corrected chi connectivity index (χ3v) is 4.46. The van der Waals surface area contributed by atoms with Crippen LogP contribution in [-0.2, 0) is 4.74 Å². The molecule has 0 unspecified atom stereocenters. The lowest BCUT2D eigenvalue weighted by Crippen LogP contribution is -2.33. The van der Waals surface area contributed by atoms with Gasteiger partial charge in [0, 0.05) is 23.2 Å². The number of ether oxygens (including phenoxy) is 3. The van der Waals surface area contributed by atoms with E-state index in [9.17, 15) is 9.59 Å². The van der Waals surface area contributed by atoms with Gasteiger partial charge < -0.3 is 14.2 Å². The minimum Gasteiger partial charge on any atom is -0.462 e. The van der Waals surface area contributed by atoms with Crippen LogP contribution in [-0.4, -0.2) is 30.4 Å². The van der Waals surface area contributed by atoms with Crippen molar-refractivity contribution in [1.29, 1.82) is 0 Å². The summed E-state index contributed by atoms with van der Waals surface area (Å²) >= 11 is 5.61. The van der Waals surface area contributed by atoms with Gasteiger partial charge in [0.15, 0.2) is 17.3 Å². The summed E-state index contributed by atoms with van der Waals surface area (Å²) in [5.74, 6) is 0.560. The van der Waals surface area contributed by atoms with Gasteiger partial charge in [-0.1, -0.05) is 18.2 Å². The predicted molar refractivity (Wildman–Crippen MR) is 107 cm³/mol. The maximum Gasteiger partial charge on any atom is 0.342 e. The number of hydrogen-bond acceptors (Lipinski definition) is 6. The molecule has 3 aromatic rings. The fourth-order valence-electron chi connectivity index (χ4n) is 3.04. The van der Waals surface area contributed by atoms with E-state index in [0.29, 0.717) is 28.1 Å². The highest BCUT2D eigenvalue weighted by atomic mass is 35.5. The number of para-hydroxylation sites is 1. The van der Waals surface area contributed by atoms with Crippen molar-refractivity contribution in [2.24, 2.45) is 0 Å². The van der Waals surface area contributed by atoms with Crippen molar-refractivity contribution in [3.8, 4) is 11.5 Å². The Labute approximate surface area is 171 Å². The Bertz CT molecular complexity index is 1090. The SMILES string of the molecule is CCOC(=O)c1cc2cc3c(cc2nc1N(C(=O)NCl)c1ccccc1)OCO3. The van der Waals surface area contributed by atoms with Crippen LogP contribution >= 0.6 is 11.8 Å². The lowest BCUT2D eigenvalue weighted by molar-refractivity contribution is 0.0527. The number of urea groups is 1. The molecule has 2 heterocycles. The van der Waals surface area contributed by atoms with E-state index in [4.69, 9.17) is 26.0 Å². The van der Waals surface area contributed by atoms with E-state index in [0.717, 1.165) is 0 Å². The summed E-state index contributed by atoms with van der Waals surface area (Å²) in [5.41, 5.74) is 1.10. The van der Waals surface area contributed by atoms with Crippen LogP contribution in [0.5, 0.6) is 11.5 Å². The molecule has 2 amide bonds. The first-order chi connectivity index (χ1) is 14.1. The number of halogens is 1. The molecule has 1 aliphatic heterocycles. The van der Waals surface area contributed by atoms with Crippen LogP contribution in [0.4, 0.5) is 16.3 Å². The molecule has 0 saturated heterocycles. The third-order valence-electron chi connectivity index (χ3n) is 4.29. The van der Waals surface area contributed by atoms with Crippen molar-refractivity contribution in [2.75, 3.05) is 18.3 Å². The van der Waals surface area contributed by atoms with Crippen molar-refractivity contribution < 1.29 is 23.8 Å². The molecule has 0 spiro atoms. The van der Waals surface area contributed by atoms with Crippen molar-refractivity contribution in [3.63, 3.8) is 0 Å². The van der Waals surface area contributed by atoms with Crippen LogP contribution in [0.3, 0.4) is 0 Å². The van der Waals surface area contributed by atoms with E-state index in [2.05, 4.69) is 9.82 Å². The smallest absolute Gasteiger partial charge is 0.342 e. The van der Waals surface area contributed by atoms with Gasteiger partial charge in [0.2, 0.25) is 6.79 Å². The highest BCUT2D eigenvalue weighted by molar-refractivity contribution is 6.24. The molecule has 2 aromatic carbocycles. The van der Waals surface area contributed by atoms with Crippen molar-refractivity contribution in [2.45, 2.75) is 6.92 Å². The second-order valence-electron chi connectivity index (χ2n) is 6.05. The average molecular weight is 414 g/mol. The summed E-state index contributed by atoms with van der Waals surface area (Å²) in [6, 6.07) is 13.1. The van der Waals surface area contributed by atoms with E-state index in [-0.39, 0.29) is 24.8 Å². The van der Waals surface area contributed by atoms with Gasteiger partial charge in [0.25, 0.3) is 0 Å². The molecule has 1 N–H and O–H groups in total. The monoisotopic (exact) mass is 413 g/mol. The van der Waals surface area contributed by atoms with Crippen molar-refractivity contribution in [1.82, 2.24) is 9.82 Å². The molecule has 0 saturated carbocycles. The summed E-state index contributed by atoms with van der Waals surface area (Å²) in [7, 11) is 0. The van der Waals surface area contributed by atoms with Crippen LogP contribution in [0, 0.1) is 0 Å². The quantitative estimate of drug-likeness (QED) is 0.510. The molecule has 0 aliphatic carbocycles. The van der Waals surface area contributed by atoms with Crippen LogP contribution in [0.25, 0.3) is 10.9 Å². The molecular formula is C20H16ClN3O5. The second kappa shape index (κ2) is 7.84. The van der Waals surface area contributed by atoms with Gasteiger partial charge in [-0.3, -0.25) is 0 Å². The Morgan fingerprint density at radius 3 is 2.59 bits per heavy atom. The van der Waals surface area contributed by atoms with Gasteiger partial charge in [0.05, 0.1) is 17.8 Å². The van der Waals surface area contributed by atoms with Gasteiger partial charge in [0.1, 0.15) is 5.56 Å². The topological polar surface area (TPSA) is 90.0 Å². The van der Waals surface area contributed by atoms with Gasteiger partial charge in [-0.25, -0.2) is 24.3 Å². The number of nitrogens with zero attached hydrogens (tertiary/aromatic N) is 2. The molecule has 1 aromatic heterocycles. The molecule has 0 bridgehead atoms. The largest absolute Gasteiger partial charge is 0.462 e. The number of rotatable bonds is 4. The van der Waals surface area contributed by atoms with Crippen molar-refractivity contribution in [3.05, 3.63) is 54.1 Å². The normalized spacial score (nSPS) is 11.9. The van der Waals surface area contributed by atoms with Crippen molar-refractivity contribution >= 4 is 46.2 Å². The Balaban J connectivity index is 1.96. The first kappa shape index (κ1) is 18.8. The molecule has 9 heteroatoms. The Hall–Kier alpha value is -3.52. The van der Waals surface area contributed by atoms with Crippen LogP contribution in [0.2, 0.25) is 0 Å². The minimum atomic E-state index is -0.670. The van der Waals surface area contributed by atoms with Crippen LogP contribution < -0.4 is 19.2 Å². The number of pyridine rings is 1. The number of hydrogen-bond donors (Lipinski definition) is 1. The molecular weight excluding hydrogens is 398 g/mol.